The Labute approximate surface area is 160 Å². The van der Waals surface area contributed by atoms with Crippen LogP contribution in [0.4, 0.5) is 11.4 Å². The van der Waals surface area contributed by atoms with Crippen molar-refractivity contribution in [3.8, 4) is 5.75 Å². The van der Waals surface area contributed by atoms with Gasteiger partial charge in [0.1, 0.15) is 5.75 Å². The van der Waals surface area contributed by atoms with Crippen LogP contribution in [0.25, 0.3) is 0 Å². The van der Waals surface area contributed by atoms with Crippen LogP contribution in [-0.4, -0.2) is 31.5 Å². The largest absolute Gasteiger partial charge is 0.492 e. The van der Waals surface area contributed by atoms with Gasteiger partial charge in [0.15, 0.2) is 0 Å². The number of ether oxygens (including phenoxy) is 1. The number of rotatable bonds is 9. The van der Waals surface area contributed by atoms with Crippen molar-refractivity contribution < 1.29 is 14.3 Å². The highest BCUT2D eigenvalue weighted by molar-refractivity contribution is 6.01. The third kappa shape index (κ3) is 6.33. The molecule has 0 heterocycles. The van der Waals surface area contributed by atoms with E-state index in [2.05, 4.69) is 16.0 Å². The predicted octanol–water partition coefficient (Wildman–Crippen LogP) is 3.52. The first-order valence-electron chi connectivity index (χ1n) is 9.14. The molecule has 0 aliphatic carbocycles. The molecule has 0 aliphatic rings. The minimum Gasteiger partial charge on any atom is -0.492 e. The molecule has 0 spiro atoms. The standard InChI is InChI=1S/C21H27N3O3/c1-4-27-19-12-8-7-11-18(19)24-20(25)14-22-17-10-6-5-9-16(17)21(26)23-13-15(2)3/h5-12,15,22H,4,13-14H2,1-3H3,(H,23,26)(H,24,25). The molecule has 144 valence electrons. The van der Waals surface area contributed by atoms with Crippen molar-refractivity contribution in [2.24, 2.45) is 5.92 Å². The third-order valence-electron chi connectivity index (χ3n) is 3.74. The molecular formula is C21H27N3O3. The SMILES string of the molecule is CCOc1ccccc1NC(=O)CNc1ccccc1C(=O)NCC(C)C. The maximum absolute atomic E-state index is 12.4. The van der Waals surface area contributed by atoms with Gasteiger partial charge in [0, 0.05) is 12.2 Å². The van der Waals surface area contributed by atoms with Gasteiger partial charge in [-0.2, -0.15) is 0 Å². The van der Waals surface area contributed by atoms with E-state index in [4.69, 9.17) is 4.74 Å². The molecule has 0 atom stereocenters. The van der Waals surface area contributed by atoms with Gasteiger partial charge in [-0.1, -0.05) is 38.1 Å². The van der Waals surface area contributed by atoms with Crippen molar-refractivity contribution in [2.75, 3.05) is 30.3 Å². The lowest BCUT2D eigenvalue weighted by Crippen LogP contribution is -2.29. The summed E-state index contributed by atoms with van der Waals surface area (Å²) in [6.45, 7) is 7.12. The number of carbonyl (C=O) groups excluding carboxylic acids is 2. The normalized spacial score (nSPS) is 10.4. The Morgan fingerprint density at radius 2 is 1.67 bits per heavy atom. The van der Waals surface area contributed by atoms with E-state index in [1.807, 2.05) is 39.0 Å². The van der Waals surface area contributed by atoms with Crippen molar-refractivity contribution in [2.45, 2.75) is 20.8 Å². The zero-order valence-electron chi connectivity index (χ0n) is 16.0. The van der Waals surface area contributed by atoms with E-state index < -0.39 is 0 Å². The summed E-state index contributed by atoms with van der Waals surface area (Å²) in [6.07, 6.45) is 0. The van der Waals surface area contributed by atoms with Gasteiger partial charge in [-0.25, -0.2) is 0 Å². The molecule has 0 aromatic heterocycles. The van der Waals surface area contributed by atoms with E-state index in [0.717, 1.165) is 0 Å². The maximum atomic E-state index is 12.4. The van der Waals surface area contributed by atoms with Gasteiger partial charge < -0.3 is 20.7 Å². The zero-order valence-corrected chi connectivity index (χ0v) is 16.0. The Kier molecular flexibility index (Phi) is 7.67. The van der Waals surface area contributed by atoms with E-state index >= 15 is 0 Å². The van der Waals surface area contributed by atoms with E-state index in [1.165, 1.54) is 0 Å². The average molecular weight is 369 g/mol. The van der Waals surface area contributed by atoms with Crippen LogP contribution >= 0.6 is 0 Å². The van der Waals surface area contributed by atoms with Crippen LogP contribution in [0.2, 0.25) is 0 Å². The second-order valence-corrected chi connectivity index (χ2v) is 6.48. The molecule has 6 nitrogen and oxygen atoms in total. The summed E-state index contributed by atoms with van der Waals surface area (Å²) in [6, 6.07) is 14.4. The lowest BCUT2D eigenvalue weighted by atomic mass is 10.1. The highest BCUT2D eigenvalue weighted by atomic mass is 16.5. The van der Waals surface area contributed by atoms with Crippen molar-refractivity contribution in [3.05, 3.63) is 54.1 Å². The third-order valence-corrected chi connectivity index (χ3v) is 3.74. The summed E-state index contributed by atoms with van der Waals surface area (Å²) < 4.78 is 5.51. The fourth-order valence-electron chi connectivity index (χ4n) is 2.45. The topological polar surface area (TPSA) is 79.5 Å². The summed E-state index contributed by atoms with van der Waals surface area (Å²) >= 11 is 0. The molecule has 0 bridgehead atoms. The molecule has 0 saturated heterocycles. The number of carbonyl (C=O) groups is 2. The second kappa shape index (κ2) is 10.2. The summed E-state index contributed by atoms with van der Waals surface area (Å²) in [4.78, 5) is 24.7. The number of nitrogens with one attached hydrogen (secondary N) is 3. The smallest absolute Gasteiger partial charge is 0.253 e. The molecule has 27 heavy (non-hydrogen) atoms. The first-order chi connectivity index (χ1) is 13.0. The molecule has 0 radical (unpaired) electrons. The number of anilines is 2. The van der Waals surface area contributed by atoms with Gasteiger partial charge in [-0.15, -0.1) is 0 Å². The summed E-state index contributed by atoms with van der Waals surface area (Å²) in [5, 5.41) is 8.76. The number of para-hydroxylation sites is 3. The van der Waals surface area contributed by atoms with Crippen molar-refractivity contribution in [1.82, 2.24) is 5.32 Å². The first kappa shape index (κ1) is 20.3. The Bertz CT molecular complexity index is 775. The Balaban J connectivity index is 1.98. The zero-order chi connectivity index (χ0) is 19.6. The van der Waals surface area contributed by atoms with Crippen LogP contribution in [-0.2, 0) is 4.79 Å². The molecular weight excluding hydrogens is 342 g/mol. The molecule has 0 saturated carbocycles. The quantitative estimate of drug-likeness (QED) is 0.632. The van der Waals surface area contributed by atoms with Crippen LogP contribution in [0.1, 0.15) is 31.1 Å². The van der Waals surface area contributed by atoms with Crippen LogP contribution in [0.15, 0.2) is 48.5 Å². The lowest BCUT2D eigenvalue weighted by molar-refractivity contribution is -0.114. The highest BCUT2D eigenvalue weighted by Crippen LogP contribution is 2.23. The Morgan fingerprint density at radius 1 is 1.00 bits per heavy atom. The van der Waals surface area contributed by atoms with Gasteiger partial charge in [0.25, 0.3) is 5.91 Å². The summed E-state index contributed by atoms with van der Waals surface area (Å²) in [5.74, 6) is 0.612. The number of hydrogen-bond donors (Lipinski definition) is 3. The maximum Gasteiger partial charge on any atom is 0.253 e. The summed E-state index contributed by atoms with van der Waals surface area (Å²) in [5.41, 5.74) is 1.75. The molecule has 2 aromatic carbocycles. The van der Waals surface area contributed by atoms with Gasteiger partial charge in [-0.3, -0.25) is 9.59 Å². The van der Waals surface area contributed by atoms with Crippen molar-refractivity contribution >= 4 is 23.2 Å². The molecule has 0 fully saturated rings. The lowest BCUT2D eigenvalue weighted by Gasteiger charge is -2.14. The molecule has 3 N–H and O–H groups in total. The fraction of sp³-hybridized carbons (Fsp3) is 0.333. The molecule has 6 heteroatoms. The molecule has 0 aliphatic heterocycles. The number of hydrogen-bond acceptors (Lipinski definition) is 4. The Hall–Kier alpha value is -3.02. The Morgan fingerprint density at radius 3 is 2.37 bits per heavy atom. The number of benzene rings is 2. The number of amides is 2. The predicted molar refractivity (Wildman–Crippen MR) is 108 cm³/mol. The summed E-state index contributed by atoms with van der Waals surface area (Å²) in [7, 11) is 0. The second-order valence-electron chi connectivity index (χ2n) is 6.48. The first-order valence-corrected chi connectivity index (χ1v) is 9.14. The van der Waals surface area contributed by atoms with Crippen LogP contribution in [0.5, 0.6) is 5.75 Å². The van der Waals surface area contributed by atoms with Crippen molar-refractivity contribution in [1.29, 1.82) is 0 Å². The van der Waals surface area contributed by atoms with E-state index in [1.54, 1.807) is 30.3 Å². The molecule has 2 aromatic rings. The van der Waals surface area contributed by atoms with Gasteiger partial charge >= 0.3 is 0 Å². The van der Waals surface area contributed by atoms with E-state index in [9.17, 15) is 9.59 Å². The molecule has 2 rings (SSSR count). The van der Waals surface area contributed by atoms with Gasteiger partial charge in [-0.05, 0) is 37.1 Å². The van der Waals surface area contributed by atoms with E-state index in [0.29, 0.717) is 41.8 Å². The van der Waals surface area contributed by atoms with Gasteiger partial charge in [0.05, 0.1) is 24.4 Å². The van der Waals surface area contributed by atoms with Crippen molar-refractivity contribution in [3.63, 3.8) is 0 Å². The van der Waals surface area contributed by atoms with Gasteiger partial charge in [0.2, 0.25) is 5.91 Å². The fourth-order valence-corrected chi connectivity index (χ4v) is 2.45. The van der Waals surface area contributed by atoms with Crippen LogP contribution in [0.3, 0.4) is 0 Å². The van der Waals surface area contributed by atoms with Crippen LogP contribution < -0.4 is 20.7 Å². The minimum absolute atomic E-state index is 0.0366. The average Bonchev–Trinajstić information content (AvgIpc) is 2.66. The van der Waals surface area contributed by atoms with Crippen LogP contribution in [0, 0.1) is 5.92 Å². The molecule has 2 amide bonds. The molecule has 0 unspecified atom stereocenters. The highest BCUT2D eigenvalue weighted by Gasteiger charge is 2.12. The van der Waals surface area contributed by atoms with E-state index in [-0.39, 0.29) is 18.4 Å². The monoisotopic (exact) mass is 369 g/mol. The minimum atomic E-state index is -0.223.